The van der Waals surface area contributed by atoms with Gasteiger partial charge in [0.2, 0.25) is 0 Å². The van der Waals surface area contributed by atoms with Gasteiger partial charge in [-0.3, -0.25) is 4.99 Å². The molecular weight excluding hydrogens is 327 g/mol. The number of hydrogen-bond acceptors (Lipinski definition) is 4. The van der Waals surface area contributed by atoms with Crippen LogP contribution in [0.3, 0.4) is 0 Å². The zero-order valence-electron chi connectivity index (χ0n) is 14.4. The number of nitrogens with one attached hydrogen (secondary N) is 2. The van der Waals surface area contributed by atoms with E-state index < -0.39 is 0 Å². The summed E-state index contributed by atoms with van der Waals surface area (Å²) in [6.45, 7) is 4.33. The van der Waals surface area contributed by atoms with Gasteiger partial charge in [-0.05, 0) is 43.5 Å². The molecule has 134 valence electrons. The summed E-state index contributed by atoms with van der Waals surface area (Å²) in [6.07, 6.45) is 1.21. The zero-order chi connectivity index (χ0) is 17.2. The van der Waals surface area contributed by atoms with E-state index in [0.29, 0.717) is 0 Å². The molecule has 2 rings (SSSR count). The van der Waals surface area contributed by atoms with Gasteiger partial charge in [0.15, 0.2) is 5.96 Å². The average molecular weight is 354 g/mol. The van der Waals surface area contributed by atoms with Crippen molar-refractivity contribution in [2.75, 3.05) is 52.6 Å². The highest BCUT2D eigenvalue weighted by Crippen LogP contribution is 2.18. The molecule has 1 saturated heterocycles. The number of nitrogens with zero attached hydrogens (tertiary/aromatic N) is 2. The van der Waals surface area contributed by atoms with Crippen molar-refractivity contribution in [3.8, 4) is 0 Å². The molecule has 5 nitrogen and oxygen atoms in total. The van der Waals surface area contributed by atoms with Crippen LogP contribution in [0.4, 0.5) is 4.39 Å². The first kappa shape index (κ1) is 19.0. The lowest BCUT2D eigenvalue weighted by Crippen LogP contribution is -2.48. The molecule has 24 heavy (non-hydrogen) atoms. The fourth-order valence-electron chi connectivity index (χ4n) is 2.42. The van der Waals surface area contributed by atoms with Crippen molar-refractivity contribution in [2.45, 2.75) is 17.4 Å². The van der Waals surface area contributed by atoms with E-state index in [0.717, 1.165) is 55.8 Å². The van der Waals surface area contributed by atoms with E-state index in [4.69, 9.17) is 4.74 Å². The second kappa shape index (κ2) is 10.5. The number of guanidine groups is 1. The fourth-order valence-corrected chi connectivity index (χ4v) is 3.27. The van der Waals surface area contributed by atoms with Gasteiger partial charge in [-0.1, -0.05) is 0 Å². The van der Waals surface area contributed by atoms with Crippen molar-refractivity contribution >= 4 is 17.7 Å². The third-order valence-corrected chi connectivity index (χ3v) is 4.86. The van der Waals surface area contributed by atoms with Crippen LogP contribution in [0.25, 0.3) is 0 Å². The lowest BCUT2D eigenvalue weighted by molar-refractivity contribution is -0.0161. The van der Waals surface area contributed by atoms with Crippen molar-refractivity contribution in [3.63, 3.8) is 0 Å². The van der Waals surface area contributed by atoms with Crippen LogP contribution < -0.4 is 10.6 Å². The largest absolute Gasteiger partial charge is 0.374 e. The molecule has 1 atom stereocenters. The summed E-state index contributed by atoms with van der Waals surface area (Å²) in [5.74, 6) is 1.59. The van der Waals surface area contributed by atoms with E-state index in [9.17, 15) is 4.39 Å². The Morgan fingerprint density at radius 3 is 2.88 bits per heavy atom. The van der Waals surface area contributed by atoms with Gasteiger partial charge in [-0.2, -0.15) is 0 Å². The highest BCUT2D eigenvalue weighted by Gasteiger charge is 2.17. The summed E-state index contributed by atoms with van der Waals surface area (Å²) in [5.41, 5.74) is 0. The van der Waals surface area contributed by atoms with Gasteiger partial charge >= 0.3 is 0 Å². The van der Waals surface area contributed by atoms with Gasteiger partial charge in [0.1, 0.15) is 5.82 Å². The number of likely N-dealkylation sites (N-methyl/N-ethyl adjacent to an activating group) is 1. The first-order chi connectivity index (χ1) is 11.7. The zero-order valence-corrected chi connectivity index (χ0v) is 15.2. The standard InChI is InChI=1S/C17H27FN4OS/c1-19-17(21-12-15-13-22(2)9-10-23-15)20-8-3-11-24-16-6-4-14(18)5-7-16/h4-7,15H,3,8-13H2,1-2H3,(H2,19,20,21). The molecule has 0 bridgehead atoms. The van der Waals surface area contributed by atoms with Crippen LogP contribution >= 0.6 is 11.8 Å². The first-order valence-corrected chi connectivity index (χ1v) is 9.29. The van der Waals surface area contributed by atoms with Gasteiger partial charge in [-0.25, -0.2) is 4.39 Å². The molecule has 0 spiro atoms. The van der Waals surface area contributed by atoms with E-state index in [1.54, 1.807) is 18.8 Å². The summed E-state index contributed by atoms with van der Waals surface area (Å²) in [4.78, 5) is 7.61. The highest BCUT2D eigenvalue weighted by atomic mass is 32.2. The minimum Gasteiger partial charge on any atom is -0.374 e. The molecule has 1 fully saturated rings. The molecule has 2 N–H and O–H groups in total. The minimum atomic E-state index is -0.191. The molecule has 0 aromatic heterocycles. The Morgan fingerprint density at radius 2 is 2.17 bits per heavy atom. The molecule has 7 heteroatoms. The topological polar surface area (TPSA) is 48.9 Å². The quantitative estimate of drug-likeness (QED) is 0.338. The van der Waals surface area contributed by atoms with Crippen molar-refractivity contribution in [3.05, 3.63) is 30.1 Å². The Morgan fingerprint density at radius 1 is 1.38 bits per heavy atom. The van der Waals surface area contributed by atoms with Crippen LogP contribution in [0, 0.1) is 5.82 Å². The number of aliphatic imine (C=N–C) groups is 1. The number of ether oxygens (including phenoxy) is 1. The number of halogens is 1. The molecule has 1 unspecified atom stereocenters. The molecule has 0 amide bonds. The van der Waals surface area contributed by atoms with Crippen LogP contribution in [0.5, 0.6) is 0 Å². The Labute approximate surface area is 148 Å². The number of thioether (sulfide) groups is 1. The lowest BCUT2D eigenvalue weighted by atomic mass is 10.3. The molecule has 0 aliphatic carbocycles. The maximum absolute atomic E-state index is 12.8. The summed E-state index contributed by atoms with van der Waals surface area (Å²) >= 11 is 1.73. The molecule has 0 saturated carbocycles. The summed E-state index contributed by atoms with van der Waals surface area (Å²) in [7, 11) is 3.89. The van der Waals surface area contributed by atoms with E-state index in [1.807, 2.05) is 12.1 Å². The summed E-state index contributed by atoms with van der Waals surface area (Å²) in [6, 6.07) is 6.62. The normalized spacial score (nSPS) is 19.3. The number of rotatable bonds is 7. The Balaban J connectivity index is 1.57. The van der Waals surface area contributed by atoms with Gasteiger partial charge in [0, 0.05) is 38.1 Å². The molecule has 1 aliphatic rings. The molecule has 1 aromatic rings. The van der Waals surface area contributed by atoms with E-state index in [-0.39, 0.29) is 11.9 Å². The average Bonchev–Trinajstić information content (AvgIpc) is 2.59. The van der Waals surface area contributed by atoms with Crippen molar-refractivity contribution < 1.29 is 9.13 Å². The summed E-state index contributed by atoms with van der Waals surface area (Å²) < 4.78 is 18.6. The van der Waals surface area contributed by atoms with E-state index in [2.05, 4.69) is 27.6 Å². The second-order valence-corrected chi connectivity index (χ2v) is 6.96. The SMILES string of the molecule is CN=C(NCCCSc1ccc(F)cc1)NCC1CN(C)CCO1. The first-order valence-electron chi connectivity index (χ1n) is 8.30. The number of benzene rings is 1. The van der Waals surface area contributed by atoms with Crippen LogP contribution in [-0.4, -0.2) is 69.6 Å². The maximum Gasteiger partial charge on any atom is 0.191 e. The fraction of sp³-hybridized carbons (Fsp3) is 0.588. The number of hydrogen-bond donors (Lipinski definition) is 2. The lowest BCUT2D eigenvalue weighted by Gasteiger charge is -2.30. The van der Waals surface area contributed by atoms with Crippen molar-refractivity contribution in [2.24, 2.45) is 4.99 Å². The van der Waals surface area contributed by atoms with E-state index >= 15 is 0 Å². The van der Waals surface area contributed by atoms with Gasteiger partial charge < -0.3 is 20.3 Å². The van der Waals surface area contributed by atoms with Crippen molar-refractivity contribution in [1.29, 1.82) is 0 Å². The molecular formula is C17H27FN4OS. The molecule has 1 aromatic carbocycles. The Kier molecular flexibility index (Phi) is 8.35. The van der Waals surface area contributed by atoms with Gasteiger partial charge in [-0.15, -0.1) is 11.8 Å². The molecule has 1 heterocycles. The Hall–Kier alpha value is -1.31. The molecule has 1 aliphatic heterocycles. The van der Waals surface area contributed by atoms with Crippen LogP contribution in [0.15, 0.2) is 34.2 Å². The molecule has 0 radical (unpaired) electrons. The van der Waals surface area contributed by atoms with Crippen molar-refractivity contribution in [1.82, 2.24) is 15.5 Å². The Bertz CT molecular complexity index is 512. The van der Waals surface area contributed by atoms with Gasteiger partial charge in [0.25, 0.3) is 0 Å². The predicted molar refractivity (Wildman–Crippen MR) is 98.3 cm³/mol. The maximum atomic E-state index is 12.8. The number of morpholine rings is 1. The highest BCUT2D eigenvalue weighted by molar-refractivity contribution is 7.99. The smallest absolute Gasteiger partial charge is 0.191 e. The second-order valence-electron chi connectivity index (χ2n) is 5.79. The van der Waals surface area contributed by atoms with Gasteiger partial charge in [0.05, 0.1) is 12.7 Å². The monoisotopic (exact) mass is 354 g/mol. The van der Waals surface area contributed by atoms with Crippen LogP contribution in [-0.2, 0) is 4.74 Å². The third-order valence-electron chi connectivity index (χ3n) is 3.76. The third kappa shape index (κ3) is 7.07. The van der Waals surface area contributed by atoms with Crippen LogP contribution in [0.2, 0.25) is 0 Å². The summed E-state index contributed by atoms with van der Waals surface area (Å²) in [5, 5.41) is 6.63. The predicted octanol–water partition coefficient (Wildman–Crippen LogP) is 1.80. The van der Waals surface area contributed by atoms with Crippen LogP contribution in [0.1, 0.15) is 6.42 Å². The van der Waals surface area contributed by atoms with E-state index in [1.165, 1.54) is 12.1 Å². The minimum absolute atomic E-state index is 0.191.